The molecule has 4 saturated heterocycles. The van der Waals surface area contributed by atoms with Crippen LogP contribution in [0.3, 0.4) is 0 Å². The molecule has 6 atom stereocenters. The number of hydrogen-bond acceptors (Lipinski definition) is 4. The Morgan fingerprint density at radius 3 is 2.04 bits per heavy atom. The Bertz CT molecular complexity index is 861. The fourth-order valence-corrected chi connectivity index (χ4v) is 4.55. The Labute approximate surface area is 131 Å². The lowest BCUT2D eigenvalue weighted by molar-refractivity contribution is -0.126. The molecule has 0 radical (unpaired) electrons. The van der Waals surface area contributed by atoms with Gasteiger partial charge < -0.3 is 9.47 Å². The molecule has 4 aliphatic rings. The van der Waals surface area contributed by atoms with Crippen molar-refractivity contribution in [2.24, 2.45) is 11.8 Å². The fraction of sp³-hybridized carbons (Fsp3) is 0.333. The van der Waals surface area contributed by atoms with E-state index in [1.165, 1.54) is 4.90 Å². The van der Waals surface area contributed by atoms with Gasteiger partial charge in [0.25, 0.3) is 0 Å². The molecule has 5 heteroatoms. The van der Waals surface area contributed by atoms with E-state index >= 15 is 0 Å². The maximum absolute atomic E-state index is 12.9. The van der Waals surface area contributed by atoms with Gasteiger partial charge in [-0.15, -0.1) is 0 Å². The van der Waals surface area contributed by atoms with E-state index < -0.39 is 0 Å². The van der Waals surface area contributed by atoms with Crippen LogP contribution in [0.5, 0.6) is 0 Å². The van der Waals surface area contributed by atoms with E-state index in [-0.39, 0.29) is 48.1 Å². The number of epoxide rings is 1. The molecule has 23 heavy (non-hydrogen) atoms. The van der Waals surface area contributed by atoms with Gasteiger partial charge in [-0.25, -0.2) is 4.90 Å². The van der Waals surface area contributed by atoms with Gasteiger partial charge in [0.05, 0.1) is 29.7 Å². The lowest BCUT2D eigenvalue weighted by atomic mass is 9.81. The molecule has 2 aromatic rings. The van der Waals surface area contributed by atoms with E-state index in [9.17, 15) is 9.59 Å². The number of hydrogen-bond donors (Lipinski definition) is 0. The number of nitrogens with zero attached hydrogens (tertiary/aromatic N) is 1. The maximum atomic E-state index is 12.9. The summed E-state index contributed by atoms with van der Waals surface area (Å²) in [5.74, 6) is -1.03. The largest absolute Gasteiger partial charge is 0.368 e. The van der Waals surface area contributed by atoms with E-state index in [4.69, 9.17) is 9.47 Å². The van der Waals surface area contributed by atoms with Gasteiger partial charge in [0.15, 0.2) is 0 Å². The van der Waals surface area contributed by atoms with Crippen molar-refractivity contribution in [1.82, 2.24) is 0 Å². The van der Waals surface area contributed by atoms with Gasteiger partial charge in [-0.2, -0.15) is 0 Å². The van der Waals surface area contributed by atoms with Crippen LogP contribution in [0.1, 0.15) is 0 Å². The van der Waals surface area contributed by atoms with E-state index in [1.807, 2.05) is 42.5 Å². The Kier molecular flexibility index (Phi) is 2.02. The lowest BCUT2D eigenvalue weighted by Gasteiger charge is -2.19. The van der Waals surface area contributed by atoms with E-state index in [2.05, 4.69) is 0 Å². The van der Waals surface area contributed by atoms with Gasteiger partial charge in [0, 0.05) is 0 Å². The SMILES string of the molecule is O=C1[C@@H]2C3OC([C@H]4O[C@@H]34)[C@@H]2C(=O)N1c1ccc2ccccc2c1. The molecule has 2 unspecified atom stereocenters. The summed E-state index contributed by atoms with van der Waals surface area (Å²) in [5, 5.41) is 2.11. The van der Waals surface area contributed by atoms with Crippen molar-refractivity contribution in [3.05, 3.63) is 42.5 Å². The smallest absolute Gasteiger partial charge is 0.240 e. The van der Waals surface area contributed by atoms with Gasteiger partial charge in [-0.3, -0.25) is 9.59 Å². The normalized spacial score (nSPS) is 39.9. The predicted molar refractivity (Wildman–Crippen MR) is 80.7 cm³/mol. The molecular weight excluding hydrogens is 294 g/mol. The minimum Gasteiger partial charge on any atom is -0.368 e. The Morgan fingerprint density at radius 2 is 1.35 bits per heavy atom. The average molecular weight is 307 g/mol. The third-order valence-corrected chi connectivity index (χ3v) is 5.62. The van der Waals surface area contributed by atoms with Crippen molar-refractivity contribution in [2.75, 3.05) is 4.90 Å². The summed E-state index contributed by atoms with van der Waals surface area (Å²) in [6.45, 7) is 0. The molecule has 4 aliphatic heterocycles. The molecule has 4 heterocycles. The summed E-state index contributed by atoms with van der Waals surface area (Å²) in [6, 6.07) is 13.6. The molecule has 6 rings (SSSR count). The molecular formula is C18H13NO4. The first kappa shape index (κ1) is 12.2. The molecule has 0 N–H and O–H groups in total. The zero-order valence-electron chi connectivity index (χ0n) is 12.1. The summed E-state index contributed by atoms with van der Waals surface area (Å²) >= 11 is 0. The monoisotopic (exact) mass is 307 g/mol. The molecule has 114 valence electrons. The third kappa shape index (κ3) is 1.36. The number of rotatable bonds is 1. The minimum absolute atomic E-state index is 0.0227. The number of benzene rings is 2. The van der Waals surface area contributed by atoms with E-state index in [1.54, 1.807) is 0 Å². The van der Waals surface area contributed by atoms with Crippen molar-refractivity contribution >= 4 is 28.3 Å². The molecule has 0 aliphatic carbocycles. The molecule has 0 saturated carbocycles. The molecule has 2 bridgehead atoms. The average Bonchev–Trinajstić information content (AvgIpc) is 3.08. The fourth-order valence-electron chi connectivity index (χ4n) is 4.55. The number of fused-ring (bicyclic) bond motifs is 9. The van der Waals surface area contributed by atoms with Gasteiger partial charge in [0.1, 0.15) is 12.2 Å². The van der Waals surface area contributed by atoms with Crippen LogP contribution < -0.4 is 4.90 Å². The third-order valence-electron chi connectivity index (χ3n) is 5.62. The number of carbonyl (C=O) groups excluding carboxylic acids is 2. The van der Waals surface area contributed by atoms with Crippen molar-refractivity contribution in [3.63, 3.8) is 0 Å². The van der Waals surface area contributed by atoms with Gasteiger partial charge in [-0.1, -0.05) is 30.3 Å². The predicted octanol–water partition coefficient (Wildman–Crippen LogP) is 1.49. The number of ether oxygens (including phenoxy) is 2. The van der Waals surface area contributed by atoms with Crippen LogP contribution in [-0.2, 0) is 19.1 Å². The van der Waals surface area contributed by atoms with Crippen molar-refractivity contribution < 1.29 is 19.1 Å². The van der Waals surface area contributed by atoms with Crippen LogP contribution in [0.4, 0.5) is 5.69 Å². The van der Waals surface area contributed by atoms with E-state index in [0.717, 1.165) is 10.8 Å². The number of imide groups is 1. The van der Waals surface area contributed by atoms with Crippen LogP contribution in [0.15, 0.2) is 42.5 Å². The Morgan fingerprint density at radius 1 is 0.739 bits per heavy atom. The quantitative estimate of drug-likeness (QED) is 0.592. The summed E-state index contributed by atoms with van der Waals surface area (Å²) in [4.78, 5) is 27.1. The van der Waals surface area contributed by atoms with Crippen LogP contribution in [0, 0.1) is 11.8 Å². The zero-order valence-corrected chi connectivity index (χ0v) is 12.1. The maximum Gasteiger partial charge on any atom is 0.240 e. The molecule has 5 nitrogen and oxygen atoms in total. The second-order valence-corrected chi connectivity index (χ2v) is 6.73. The standard InChI is InChI=1S/C18H13NO4/c20-17-11-12(14-16-15(23-16)13(11)22-14)18(21)19(17)10-6-5-8-3-1-2-4-9(8)7-10/h1-7,11-16H/t11-,12+,13?,14?,15-,16+. The summed E-state index contributed by atoms with van der Waals surface area (Å²) in [7, 11) is 0. The lowest BCUT2D eigenvalue weighted by Crippen LogP contribution is -2.35. The van der Waals surface area contributed by atoms with Crippen LogP contribution in [0.25, 0.3) is 10.8 Å². The van der Waals surface area contributed by atoms with E-state index in [0.29, 0.717) is 5.69 Å². The van der Waals surface area contributed by atoms with Crippen LogP contribution in [-0.4, -0.2) is 36.2 Å². The first-order valence-corrected chi connectivity index (χ1v) is 7.91. The second-order valence-electron chi connectivity index (χ2n) is 6.73. The summed E-state index contributed by atoms with van der Waals surface area (Å²) in [5.41, 5.74) is 0.655. The first-order valence-electron chi connectivity index (χ1n) is 7.91. The number of carbonyl (C=O) groups is 2. The highest BCUT2D eigenvalue weighted by molar-refractivity contribution is 6.23. The highest BCUT2D eigenvalue weighted by atomic mass is 16.7. The molecule has 0 aromatic heterocycles. The summed E-state index contributed by atoms with van der Waals surface area (Å²) < 4.78 is 11.3. The number of anilines is 1. The van der Waals surface area contributed by atoms with Crippen molar-refractivity contribution in [2.45, 2.75) is 24.4 Å². The second kappa shape index (κ2) is 3.80. The highest BCUT2D eigenvalue weighted by Gasteiger charge is 2.75. The van der Waals surface area contributed by atoms with Crippen molar-refractivity contribution in [3.8, 4) is 0 Å². The first-order chi connectivity index (χ1) is 11.2. The summed E-state index contributed by atoms with van der Waals surface area (Å²) in [6.07, 6.45) is -0.432. The molecule has 0 spiro atoms. The number of amides is 2. The molecule has 2 amide bonds. The van der Waals surface area contributed by atoms with Crippen LogP contribution >= 0.6 is 0 Å². The minimum atomic E-state index is -0.372. The molecule has 4 fully saturated rings. The Hall–Kier alpha value is -2.24. The van der Waals surface area contributed by atoms with Gasteiger partial charge in [0.2, 0.25) is 11.8 Å². The van der Waals surface area contributed by atoms with Gasteiger partial charge >= 0.3 is 0 Å². The van der Waals surface area contributed by atoms with Crippen molar-refractivity contribution in [1.29, 1.82) is 0 Å². The molecule has 2 aromatic carbocycles. The highest BCUT2D eigenvalue weighted by Crippen LogP contribution is 2.57. The zero-order chi connectivity index (χ0) is 15.3. The topological polar surface area (TPSA) is 59.1 Å². The Balaban J connectivity index is 1.45. The van der Waals surface area contributed by atoms with Crippen LogP contribution in [0.2, 0.25) is 0 Å². The van der Waals surface area contributed by atoms with Gasteiger partial charge in [-0.05, 0) is 22.9 Å².